The number of nitrogens with two attached hydrogens (primary N) is 1. The molecule has 17 heavy (non-hydrogen) atoms. The molecule has 0 radical (unpaired) electrons. The Labute approximate surface area is 100 Å². The van der Waals surface area contributed by atoms with E-state index < -0.39 is 0 Å². The molecule has 0 aliphatic carbocycles. The number of nitrogen functional groups attached to an aromatic ring is 1. The minimum Gasteiger partial charge on any atom is -0.393 e. The number of hydrogen-bond donors (Lipinski definition) is 2. The van der Waals surface area contributed by atoms with Gasteiger partial charge in [0.1, 0.15) is 0 Å². The van der Waals surface area contributed by atoms with Gasteiger partial charge >= 0.3 is 0 Å². The highest BCUT2D eigenvalue weighted by Crippen LogP contribution is 2.21. The number of aromatic nitrogens is 1. The van der Waals surface area contributed by atoms with Crippen molar-refractivity contribution in [3.8, 4) is 11.3 Å². The highest BCUT2D eigenvalue weighted by atomic mass is 16.5. The largest absolute Gasteiger partial charge is 0.393 e. The third-order valence-corrected chi connectivity index (χ3v) is 2.62. The van der Waals surface area contributed by atoms with Crippen LogP contribution in [0.2, 0.25) is 0 Å². The number of anilines is 1. The van der Waals surface area contributed by atoms with Gasteiger partial charge in [-0.25, -0.2) is 0 Å². The van der Waals surface area contributed by atoms with Gasteiger partial charge in [-0.1, -0.05) is 29.4 Å². The first-order valence-electron chi connectivity index (χ1n) is 5.65. The fraction of sp³-hybridized carbons (Fsp3) is 0.308. The summed E-state index contributed by atoms with van der Waals surface area (Å²) in [6.07, 6.45) is 1.38. The molecule has 4 heteroatoms. The van der Waals surface area contributed by atoms with Crippen molar-refractivity contribution in [1.29, 1.82) is 0 Å². The first-order chi connectivity index (χ1) is 8.15. The van der Waals surface area contributed by atoms with Crippen LogP contribution in [0.3, 0.4) is 0 Å². The van der Waals surface area contributed by atoms with E-state index in [0.717, 1.165) is 18.4 Å². The van der Waals surface area contributed by atoms with E-state index in [4.69, 9.17) is 10.3 Å². The number of aliphatic hydroxyl groups is 1. The lowest BCUT2D eigenvalue weighted by atomic mass is 10.0. The van der Waals surface area contributed by atoms with Crippen LogP contribution in [-0.4, -0.2) is 16.4 Å². The van der Waals surface area contributed by atoms with E-state index in [9.17, 15) is 5.11 Å². The second-order valence-electron chi connectivity index (χ2n) is 4.20. The number of rotatable bonds is 4. The van der Waals surface area contributed by atoms with E-state index in [-0.39, 0.29) is 6.10 Å². The summed E-state index contributed by atoms with van der Waals surface area (Å²) in [5.41, 5.74) is 7.64. The van der Waals surface area contributed by atoms with Crippen molar-refractivity contribution in [3.05, 3.63) is 35.9 Å². The summed E-state index contributed by atoms with van der Waals surface area (Å²) in [5, 5.41) is 12.9. The first-order valence-corrected chi connectivity index (χ1v) is 5.65. The number of hydrogen-bond acceptors (Lipinski definition) is 4. The molecule has 1 aromatic heterocycles. The SMILES string of the molecule is CC(O)CCc1ccc(-c2cc(N)no2)cc1. The Morgan fingerprint density at radius 2 is 2.06 bits per heavy atom. The van der Waals surface area contributed by atoms with Gasteiger partial charge in [0, 0.05) is 11.6 Å². The van der Waals surface area contributed by atoms with Crippen LogP contribution in [0.1, 0.15) is 18.9 Å². The van der Waals surface area contributed by atoms with E-state index in [2.05, 4.69) is 5.16 Å². The highest BCUT2D eigenvalue weighted by molar-refractivity contribution is 5.60. The third-order valence-electron chi connectivity index (χ3n) is 2.62. The average molecular weight is 232 g/mol. The van der Waals surface area contributed by atoms with Crippen LogP contribution in [0.4, 0.5) is 5.82 Å². The first kappa shape index (κ1) is 11.7. The Kier molecular flexibility index (Phi) is 3.44. The van der Waals surface area contributed by atoms with Gasteiger partial charge in [0.25, 0.3) is 0 Å². The molecule has 1 aromatic carbocycles. The predicted molar refractivity (Wildman–Crippen MR) is 66.4 cm³/mol. The van der Waals surface area contributed by atoms with Gasteiger partial charge in [-0.2, -0.15) is 0 Å². The van der Waals surface area contributed by atoms with Gasteiger partial charge < -0.3 is 15.4 Å². The summed E-state index contributed by atoms with van der Waals surface area (Å²) in [7, 11) is 0. The summed E-state index contributed by atoms with van der Waals surface area (Å²) >= 11 is 0. The molecule has 1 unspecified atom stereocenters. The fourth-order valence-corrected chi connectivity index (χ4v) is 1.64. The maximum Gasteiger partial charge on any atom is 0.169 e. The van der Waals surface area contributed by atoms with Crippen LogP contribution in [0.5, 0.6) is 0 Å². The van der Waals surface area contributed by atoms with Gasteiger partial charge in [0.05, 0.1) is 6.10 Å². The second-order valence-corrected chi connectivity index (χ2v) is 4.20. The van der Waals surface area contributed by atoms with Gasteiger partial charge in [-0.05, 0) is 25.3 Å². The molecule has 90 valence electrons. The van der Waals surface area contributed by atoms with Crippen LogP contribution in [0.25, 0.3) is 11.3 Å². The van der Waals surface area contributed by atoms with Crippen molar-refractivity contribution in [2.45, 2.75) is 25.9 Å². The summed E-state index contributed by atoms with van der Waals surface area (Å²) in [4.78, 5) is 0. The molecule has 2 aromatic rings. The summed E-state index contributed by atoms with van der Waals surface area (Å²) in [6.45, 7) is 1.80. The lowest BCUT2D eigenvalue weighted by Crippen LogP contribution is -2.01. The Morgan fingerprint density at radius 1 is 1.35 bits per heavy atom. The molecule has 1 heterocycles. The zero-order chi connectivity index (χ0) is 12.3. The van der Waals surface area contributed by atoms with E-state index in [1.165, 1.54) is 5.56 Å². The van der Waals surface area contributed by atoms with Crippen LogP contribution in [-0.2, 0) is 6.42 Å². The lowest BCUT2D eigenvalue weighted by molar-refractivity contribution is 0.185. The molecule has 1 atom stereocenters. The second kappa shape index (κ2) is 5.01. The molecule has 0 bridgehead atoms. The average Bonchev–Trinajstić information content (AvgIpc) is 2.74. The molecule has 2 rings (SSSR count). The van der Waals surface area contributed by atoms with Gasteiger partial charge in [-0.3, -0.25) is 0 Å². The molecule has 0 fully saturated rings. The van der Waals surface area contributed by atoms with Crippen molar-refractivity contribution < 1.29 is 9.63 Å². The number of aliphatic hydroxyl groups excluding tert-OH is 1. The Morgan fingerprint density at radius 3 is 2.59 bits per heavy atom. The van der Waals surface area contributed by atoms with E-state index in [1.807, 2.05) is 24.3 Å². The number of nitrogens with zero attached hydrogens (tertiary/aromatic N) is 1. The molecule has 4 nitrogen and oxygen atoms in total. The van der Waals surface area contributed by atoms with Crippen molar-refractivity contribution >= 4 is 5.82 Å². The number of benzene rings is 1. The Hall–Kier alpha value is -1.81. The molecular weight excluding hydrogens is 216 g/mol. The zero-order valence-electron chi connectivity index (χ0n) is 9.76. The van der Waals surface area contributed by atoms with E-state index in [0.29, 0.717) is 11.6 Å². The van der Waals surface area contributed by atoms with Crippen LogP contribution in [0.15, 0.2) is 34.9 Å². The summed E-state index contributed by atoms with van der Waals surface area (Å²) in [6, 6.07) is 9.69. The Bertz CT molecular complexity index is 474. The molecule has 0 aliphatic rings. The normalized spacial score (nSPS) is 12.6. The monoisotopic (exact) mass is 232 g/mol. The van der Waals surface area contributed by atoms with Crippen LogP contribution < -0.4 is 5.73 Å². The third kappa shape index (κ3) is 3.07. The molecule has 0 saturated carbocycles. The van der Waals surface area contributed by atoms with Crippen molar-refractivity contribution in [2.75, 3.05) is 5.73 Å². The predicted octanol–water partition coefficient (Wildman–Crippen LogP) is 2.24. The van der Waals surface area contributed by atoms with Crippen LogP contribution >= 0.6 is 0 Å². The maximum absolute atomic E-state index is 9.21. The van der Waals surface area contributed by atoms with Crippen LogP contribution in [0, 0.1) is 0 Å². The van der Waals surface area contributed by atoms with Gasteiger partial charge in [0.2, 0.25) is 0 Å². The summed E-state index contributed by atoms with van der Waals surface area (Å²) < 4.78 is 5.07. The molecular formula is C13H16N2O2. The minimum atomic E-state index is -0.260. The molecule has 0 spiro atoms. The smallest absolute Gasteiger partial charge is 0.169 e. The quantitative estimate of drug-likeness (QED) is 0.848. The number of aryl methyl sites for hydroxylation is 1. The zero-order valence-corrected chi connectivity index (χ0v) is 9.76. The standard InChI is InChI=1S/C13H16N2O2/c1-9(16)2-3-10-4-6-11(7-5-10)12-8-13(14)15-17-12/h4-9,16H,2-3H2,1H3,(H2,14,15). The summed E-state index contributed by atoms with van der Waals surface area (Å²) in [5.74, 6) is 1.06. The van der Waals surface area contributed by atoms with Gasteiger partial charge in [-0.15, -0.1) is 0 Å². The lowest BCUT2D eigenvalue weighted by Gasteiger charge is -2.04. The van der Waals surface area contributed by atoms with E-state index in [1.54, 1.807) is 13.0 Å². The minimum absolute atomic E-state index is 0.260. The fourth-order valence-electron chi connectivity index (χ4n) is 1.64. The molecule has 0 saturated heterocycles. The van der Waals surface area contributed by atoms with E-state index >= 15 is 0 Å². The Balaban J connectivity index is 2.07. The van der Waals surface area contributed by atoms with Gasteiger partial charge in [0.15, 0.2) is 11.6 Å². The maximum atomic E-state index is 9.21. The van der Waals surface area contributed by atoms with Crippen molar-refractivity contribution in [1.82, 2.24) is 5.16 Å². The topological polar surface area (TPSA) is 72.3 Å². The molecule has 3 N–H and O–H groups in total. The highest BCUT2D eigenvalue weighted by Gasteiger charge is 2.04. The van der Waals surface area contributed by atoms with Crippen molar-refractivity contribution in [2.24, 2.45) is 0 Å². The molecule has 0 amide bonds. The molecule has 0 aliphatic heterocycles. The van der Waals surface area contributed by atoms with Crippen molar-refractivity contribution in [3.63, 3.8) is 0 Å².